The van der Waals surface area contributed by atoms with Crippen LogP contribution in [0.25, 0.3) is 22.3 Å². The summed E-state index contributed by atoms with van der Waals surface area (Å²) in [6, 6.07) is 24.5. The van der Waals surface area contributed by atoms with Gasteiger partial charge in [0.2, 0.25) is 0 Å². The van der Waals surface area contributed by atoms with Crippen LogP contribution in [0.4, 0.5) is 5.69 Å². The van der Waals surface area contributed by atoms with E-state index < -0.39 is 0 Å². The molecule has 3 rings (SSSR count). The molecule has 2 nitrogen and oxygen atoms in total. The van der Waals surface area contributed by atoms with Crippen molar-refractivity contribution in [1.82, 2.24) is 0 Å². The van der Waals surface area contributed by atoms with E-state index in [2.05, 4.69) is 30.3 Å². The van der Waals surface area contributed by atoms with Gasteiger partial charge in [0.1, 0.15) is 6.07 Å². The Kier molecular flexibility index (Phi) is 3.64. The Balaban J connectivity index is 2.26. The molecule has 0 radical (unpaired) electrons. The van der Waals surface area contributed by atoms with Crippen molar-refractivity contribution in [2.24, 2.45) is 0 Å². The second kappa shape index (κ2) is 5.75. The smallest absolute Gasteiger partial charge is 0.102 e. The van der Waals surface area contributed by atoms with Crippen molar-refractivity contribution < 1.29 is 0 Å². The van der Waals surface area contributed by atoms with Crippen molar-refractivity contribution in [3.8, 4) is 28.3 Å². The maximum Gasteiger partial charge on any atom is 0.102 e. The highest BCUT2D eigenvalue weighted by atomic mass is 14.6. The van der Waals surface area contributed by atoms with E-state index in [1.807, 2.05) is 49.4 Å². The molecule has 22 heavy (non-hydrogen) atoms. The average Bonchev–Trinajstić information content (AvgIpc) is 2.56. The van der Waals surface area contributed by atoms with Crippen LogP contribution in [0.2, 0.25) is 0 Å². The van der Waals surface area contributed by atoms with Crippen molar-refractivity contribution in [3.63, 3.8) is 0 Å². The predicted molar refractivity (Wildman–Crippen MR) is 91.2 cm³/mol. The lowest BCUT2D eigenvalue weighted by atomic mass is 9.90. The van der Waals surface area contributed by atoms with Crippen LogP contribution >= 0.6 is 0 Å². The fourth-order valence-electron chi connectivity index (χ4n) is 2.76. The number of anilines is 1. The Hall–Kier alpha value is -3.05. The molecule has 3 aromatic rings. The normalized spacial score (nSPS) is 10.2. The molecule has 3 aromatic carbocycles. The van der Waals surface area contributed by atoms with Gasteiger partial charge in [0, 0.05) is 5.69 Å². The molecule has 0 unspecified atom stereocenters. The fourth-order valence-corrected chi connectivity index (χ4v) is 2.76. The summed E-state index contributed by atoms with van der Waals surface area (Å²) >= 11 is 0. The van der Waals surface area contributed by atoms with Gasteiger partial charge in [0.15, 0.2) is 0 Å². The fraction of sp³-hybridized carbons (Fsp3) is 0.0500. The minimum Gasteiger partial charge on any atom is -0.398 e. The number of hydrogen-bond acceptors (Lipinski definition) is 2. The molecule has 2 heteroatoms. The molecule has 0 spiro atoms. The Morgan fingerprint density at radius 2 is 1.41 bits per heavy atom. The highest BCUT2D eigenvalue weighted by Crippen LogP contribution is 2.35. The van der Waals surface area contributed by atoms with E-state index in [1.165, 1.54) is 0 Å². The average molecular weight is 284 g/mol. The maximum atomic E-state index is 9.33. The summed E-state index contributed by atoms with van der Waals surface area (Å²) in [7, 11) is 0. The zero-order valence-electron chi connectivity index (χ0n) is 12.4. The summed E-state index contributed by atoms with van der Waals surface area (Å²) in [6.07, 6.45) is 0. The lowest BCUT2D eigenvalue weighted by molar-refractivity contribution is 1.39. The van der Waals surface area contributed by atoms with Crippen molar-refractivity contribution >= 4 is 5.69 Å². The Labute approximate surface area is 130 Å². The topological polar surface area (TPSA) is 49.8 Å². The zero-order valence-corrected chi connectivity index (χ0v) is 12.4. The highest BCUT2D eigenvalue weighted by molar-refractivity contribution is 5.86. The molecule has 0 aliphatic rings. The minimum atomic E-state index is 0.529. The summed E-state index contributed by atoms with van der Waals surface area (Å²) in [6.45, 7) is 1.95. The van der Waals surface area contributed by atoms with Gasteiger partial charge < -0.3 is 5.73 Å². The summed E-state index contributed by atoms with van der Waals surface area (Å²) in [5, 5.41) is 9.33. The molecule has 0 amide bonds. The van der Waals surface area contributed by atoms with E-state index in [-0.39, 0.29) is 0 Å². The van der Waals surface area contributed by atoms with Crippen molar-refractivity contribution in [3.05, 3.63) is 77.9 Å². The van der Waals surface area contributed by atoms with E-state index in [1.54, 1.807) is 0 Å². The van der Waals surface area contributed by atoms with Crippen LogP contribution in [-0.2, 0) is 0 Å². The lowest BCUT2D eigenvalue weighted by Gasteiger charge is -2.14. The van der Waals surface area contributed by atoms with Gasteiger partial charge in [0.25, 0.3) is 0 Å². The third-order valence-electron chi connectivity index (χ3n) is 3.91. The van der Waals surface area contributed by atoms with Gasteiger partial charge in [-0.3, -0.25) is 0 Å². The standard InChI is InChI=1S/C20H16N2/c1-14-16(11-12-20(22)19(14)13-21)18-10-6-5-9-17(18)15-7-3-2-4-8-15/h2-12H,22H2,1H3. The van der Waals surface area contributed by atoms with Crippen molar-refractivity contribution in [2.45, 2.75) is 6.92 Å². The number of benzene rings is 3. The van der Waals surface area contributed by atoms with Crippen LogP contribution in [0, 0.1) is 18.3 Å². The zero-order chi connectivity index (χ0) is 15.5. The number of rotatable bonds is 2. The first-order valence-corrected chi connectivity index (χ1v) is 7.16. The van der Waals surface area contributed by atoms with Crippen LogP contribution < -0.4 is 5.73 Å². The number of hydrogen-bond donors (Lipinski definition) is 1. The molecule has 0 aliphatic heterocycles. The molecule has 0 aromatic heterocycles. The number of nitrogens with two attached hydrogens (primary N) is 1. The van der Waals surface area contributed by atoms with Crippen molar-refractivity contribution in [2.75, 3.05) is 5.73 Å². The third-order valence-corrected chi connectivity index (χ3v) is 3.91. The van der Waals surface area contributed by atoms with Crippen LogP contribution in [0.5, 0.6) is 0 Å². The molecule has 2 N–H and O–H groups in total. The molecule has 0 heterocycles. The van der Waals surface area contributed by atoms with Crippen molar-refractivity contribution in [1.29, 1.82) is 5.26 Å². The molecular formula is C20H16N2. The summed E-state index contributed by atoms with van der Waals surface area (Å²) in [4.78, 5) is 0. The van der Waals surface area contributed by atoms with E-state index in [0.717, 1.165) is 27.8 Å². The monoisotopic (exact) mass is 284 g/mol. The van der Waals surface area contributed by atoms with E-state index >= 15 is 0 Å². The Morgan fingerprint density at radius 3 is 2.09 bits per heavy atom. The summed E-state index contributed by atoms with van der Waals surface area (Å²) < 4.78 is 0. The minimum absolute atomic E-state index is 0.529. The van der Waals surface area contributed by atoms with Gasteiger partial charge in [-0.2, -0.15) is 5.26 Å². The van der Waals surface area contributed by atoms with Gasteiger partial charge in [-0.05, 0) is 40.8 Å². The van der Waals surface area contributed by atoms with Crippen LogP contribution in [-0.4, -0.2) is 0 Å². The number of nitrogens with zero attached hydrogens (tertiary/aromatic N) is 1. The molecule has 0 saturated heterocycles. The summed E-state index contributed by atoms with van der Waals surface area (Å²) in [5.41, 5.74) is 12.4. The predicted octanol–water partition coefficient (Wildman–Crippen LogP) is 4.78. The maximum absolute atomic E-state index is 9.33. The van der Waals surface area contributed by atoms with E-state index in [0.29, 0.717) is 11.3 Å². The molecule has 0 aliphatic carbocycles. The molecule has 0 bridgehead atoms. The van der Waals surface area contributed by atoms with E-state index in [4.69, 9.17) is 5.73 Å². The SMILES string of the molecule is Cc1c(-c2ccccc2-c2ccccc2)ccc(N)c1C#N. The molecule has 0 saturated carbocycles. The number of nitrogen functional groups attached to an aromatic ring is 1. The Bertz CT molecular complexity index is 859. The second-order valence-electron chi connectivity index (χ2n) is 5.23. The molecule has 0 atom stereocenters. The second-order valence-corrected chi connectivity index (χ2v) is 5.23. The molecule has 0 fully saturated rings. The summed E-state index contributed by atoms with van der Waals surface area (Å²) in [5.74, 6) is 0. The first-order chi connectivity index (χ1) is 10.7. The Morgan fingerprint density at radius 1 is 0.773 bits per heavy atom. The van der Waals surface area contributed by atoms with Gasteiger partial charge in [0.05, 0.1) is 5.56 Å². The molecular weight excluding hydrogens is 268 g/mol. The van der Waals surface area contributed by atoms with Gasteiger partial charge >= 0.3 is 0 Å². The number of nitriles is 1. The quantitative estimate of drug-likeness (QED) is 0.688. The van der Waals surface area contributed by atoms with Crippen LogP contribution in [0.15, 0.2) is 66.7 Å². The first-order valence-electron chi connectivity index (χ1n) is 7.16. The van der Waals surface area contributed by atoms with Crippen LogP contribution in [0.3, 0.4) is 0 Å². The first kappa shape index (κ1) is 13.9. The van der Waals surface area contributed by atoms with Crippen LogP contribution in [0.1, 0.15) is 11.1 Å². The largest absolute Gasteiger partial charge is 0.398 e. The van der Waals surface area contributed by atoms with Gasteiger partial charge in [-0.25, -0.2) is 0 Å². The van der Waals surface area contributed by atoms with Gasteiger partial charge in [-0.15, -0.1) is 0 Å². The van der Waals surface area contributed by atoms with E-state index in [9.17, 15) is 5.26 Å². The third kappa shape index (κ3) is 2.34. The van der Waals surface area contributed by atoms with Gasteiger partial charge in [-0.1, -0.05) is 60.7 Å². The molecule has 106 valence electrons. The lowest BCUT2D eigenvalue weighted by Crippen LogP contribution is -1.96. The highest BCUT2D eigenvalue weighted by Gasteiger charge is 2.12.